The molecule has 40 heavy (non-hydrogen) atoms. The predicted octanol–water partition coefficient (Wildman–Crippen LogP) is 3.96. The first kappa shape index (κ1) is 30.0. The van der Waals surface area contributed by atoms with Crippen LogP contribution in [0.5, 0.6) is 5.75 Å². The number of amides is 2. The fourth-order valence-corrected chi connectivity index (χ4v) is 3.57. The number of carbonyl (C=O) groups is 3. The van der Waals surface area contributed by atoms with Crippen LogP contribution in [0, 0.1) is 11.2 Å². The maximum atomic E-state index is 13.4. The first-order valence-electron chi connectivity index (χ1n) is 12.5. The van der Waals surface area contributed by atoms with Crippen molar-refractivity contribution < 1.29 is 28.2 Å². The summed E-state index contributed by atoms with van der Waals surface area (Å²) >= 11 is 0. The maximum Gasteiger partial charge on any atom is 0.408 e. The normalized spacial score (nSPS) is 11.5. The van der Waals surface area contributed by atoms with Gasteiger partial charge in [0.25, 0.3) is 11.5 Å². The van der Waals surface area contributed by atoms with E-state index in [0.717, 1.165) is 10.1 Å². The molecule has 0 atom stereocenters. The summed E-state index contributed by atoms with van der Waals surface area (Å²) in [5.41, 5.74) is -2.14. The second-order valence-electron chi connectivity index (χ2n) is 10.7. The monoisotopic (exact) mass is 552 g/mol. The molecule has 3 rings (SSSR count). The van der Waals surface area contributed by atoms with Gasteiger partial charge < -0.3 is 20.1 Å². The van der Waals surface area contributed by atoms with Gasteiger partial charge in [-0.25, -0.2) is 14.2 Å². The summed E-state index contributed by atoms with van der Waals surface area (Å²) in [5, 5.41) is 5.28. The Morgan fingerprint density at radius 3 is 2.17 bits per heavy atom. The minimum atomic E-state index is -1.29. The van der Waals surface area contributed by atoms with E-state index in [1.54, 1.807) is 46.8 Å². The molecule has 3 aromatic rings. The van der Waals surface area contributed by atoms with Gasteiger partial charge in [-0.3, -0.25) is 19.0 Å². The molecule has 0 saturated heterocycles. The molecule has 212 valence electrons. The third-order valence-corrected chi connectivity index (χ3v) is 5.82. The van der Waals surface area contributed by atoms with Gasteiger partial charge in [-0.2, -0.15) is 0 Å². The zero-order valence-electron chi connectivity index (χ0n) is 23.3. The Labute approximate surface area is 231 Å². The van der Waals surface area contributed by atoms with Crippen molar-refractivity contribution in [2.45, 2.75) is 53.3 Å². The number of nitrogens with one attached hydrogen (secondary N) is 2. The number of benzene rings is 2. The number of halogens is 1. The zero-order chi connectivity index (χ0) is 29.7. The van der Waals surface area contributed by atoms with Crippen LogP contribution in [0.2, 0.25) is 0 Å². The third-order valence-electron chi connectivity index (χ3n) is 5.82. The fourth-order valence-electron chi connectivity index (χ4n) is 3.57. The Hall–Kier alpha value is -4.54. The molecule has 2 aromatic carbocycles. The minimum Gasteiger partial charge on any atom is -0.445 e. The number of rotatable bonds is 8. The van der Waals surface area contributed by atoms with Gasteiger partial charge >= 0.3 is 12.1 Å². The fraction of sp³-hybridized carbons (Fsp3) is 0.345. The second-order valence-corrected chi connectivity index (χ2v) is 10.7. The van der Waals surface area contributed by atoms with E-state index >= 15 is 0 Å². The van der Waals surface area contributed by atoms with Gasteiger partial charge in [-0.05, 0) is 57.9 Å². The summed E-state index contributed by atoms with van der Waals surface area (Å²) in [5.74, 6) is -2.51. The van der Waals surface area contributed by atoms with Gasteiger partial charge in [-0.1, -0.05) is 42.5 Å². The van der Waals surface area contributed by atoms with Crippen molar-refractivity contribution >= 4 is 18.0 Å². The van der Waals surface area contributed by atoms with E-state index in [0.29, 0.717) is 5.56 Å². The van der Waals surface area contributed by atoms with Crippen molar-refractivity contribution in [3.8, 4) is 5.75 Å². The Morgan fingerprint density at radius 1 is 0.950 bits per heavy atom. The lowest BCUT2D eigenvalue weighted by molar-refractivity contribution is -0.143. The first-order chi connectivity index (χ1) is 18.7. The van der Waals surface area contributed by atoms with Gasteiger partial charge in [0, 0.05) is 13.6 Å². The van der Waals surface area contributed by atoms with Crippen LogP contribution in [-0.2, 0) is 35.3 Å². The van der Waals surface area contributed by atoms with Gasteiger partial charge in [0.05, 0.1) is 11.0 Å². The first-order valence-corrected chi connectivity index (χ1v) is 12.5. The number of hydrogen-bond acceptors (Lipinski definition) is 7. The number of carbonyl (C=O) groups excluding carboxylic acids is 3. The summed E-state index contributed by atoms with van der Waals surface area (Å²) in [6.45, 7) is 7.98. The molecular formula is C29H33FN4O6. The van der Waals surface area contributed by atoms with Gasteiger partial charge in [0.1, 0.15) is 18.2 Å². The van der Waals surface area contributed by atoms with Crippen LogP contribution >= 0.6 is 0 Å². The second kappa shape index (κ2) is 12.1. The van der Waals surface area contributed by atoms with Gasteiger partial charge in [-0.15, -0.1) is 0 Å². The highest BCUT2D eigenvalue weighted by Gasteiger charge is 2.34. The summed E-state index contributed by atoms with van der Waals surface area (Å²) in [4.78, 5) is 56.3. The molecule has 0 radical (unpaired) electrons. The molecule has 0 fully saturated rings. The maximum absolute atomic E-state index is 13.4. The molecule has 10 nitrogen and oxygen atoms in total. The predicted molar refractivity (Wildman–Crippen MR) is 145 cm³/mol. The van der Waals surface area contributed by atoms with E-state index in [-0.39, 0.29) is 19.0 Å². The molecule has 2 amide bonds. The van der Waals surface area contributed by atoms with Crippen LogP contribution in [-0.4, -0.2) is 27.5 Å². The van der Waals surface area contributed by atoms with Crippen molar-refractivity contribution in [2.24, 2.45) is 12.5 Å². The third kappa shape index (κ3) is 7.52. The van der Waals surface area contributed by atoms with E-state index in [1.807, 2.05) is 18.2 Å². The molecule has 2 N–H and O–H groups in total. The standard InChI is InChI=1S/C29H33FN4O6/c1-28(2,3)26(37)40-22-21(23(35)31-16-18-12-14-20(30)15-13-18)32-25(34(6)24(22)36)29(4,5)33-27(38)39-17-19-10-8-7-9-11-19/h7-15H,16-17H2,1-6H3,(H,31,35)(H,33,38). The van der Waals surface area contributed by atoms with Crippen molar-refractivity contribution in [1.29, 1.82) is 0 Å². The molecule has 0 aliphatic rings. The lowest BCUT2D eigenvalue weighted by Gasteiger charge is -2.28. The topological polar surface area (TPSA) is 129 Å². The summed E-state index contributed by atoms with van der Waals surface area (Å²) in [6.07, 6.45) is -0.770. The molecule has 0 saturated carbocycles. The van der Waals surface area contributed by atoms with Crippen LogP contribution < -0.4 is 20.9 Å². The SMILES string of the molecule is Cn1c(C(C)(C)NC(=O)OCc2ccccc2)nc(C(=O)NCc2ccc(F)cc2)c(OC(=O)C(C)(C)C)c1=O. The Balaban J connectivity index is 1.94. The molecule has 0 spiro atoms. The van der Waals surface area contributed by atoms with Crippen molar-refractivity contribution in [2.75, 3.05) is 0 Å². The molecular weight excluding hydrogens is 519 g/mol. The lowest BCUT2D eigenvalue weighted by atomic mass is 9.97. The average molecular weight is 553 g/mol. The number of esters is 1. The highest BCUT2D eigenvalue weighted by molar-refractivity contribution is 5.95. The van der Waals surface area contributed by atoms with Gasteiger partial charge in [0.15, 0.2) is 5.69 Å². The van der Waals surface area contributed by atoms with Crippen LogP contribution in [0.15, 0.2) is 59.4 Å². The summed E-state index contributed by atoms with van der Waals surface area (Å²) in [6, 6.07) is 14.6. The van der Waals surface area contributed by atoms with Gasteiger partial charge in [0.2, 0.25) is 5.75 Å². The number of aromatic nitrogens is 2. The van der Waals surface area contributed by atoms with E-state index < -0.39 is 51.7 Å². The Bertz CT molecular complexity index is 1440. The van der Waals surface area contributed by atoms with Crippen LogP contribution in [0.3, 0.4) is 0 Å². The van der Waals surface area contributed by atoms with E-state index in [4.69, 9.17) is 9.47 Å². The number of nitrogens with zero attached hydrogens (tertiary/aromatic N) is 2. The Kier molecular flexibility index (Phi) is 9.08. The van der Waals surface area contributed by atoms with Crippen LogP contribution in [0.1, 0.15) is 62.1 Å². The zero-order valence-corrected chi connectivity index (χ0v) is 23.3. The highest BCUT2D eigenvalue weighted by atomic mass is 19.1. The minimum absolute atomic E-state index is 0.00848. The van der Waals surface area contributed by atoms with Crippen molar-refractivity contribution in [3.05, 3.63) is 93.4 Å². The Morgan fingerprint density at radius 2 is 1.57 bits per heavy atom. The molecule has 0 bridgehead atoms. The van der Waals surface area contributed by atoms with Crippen molar-refractivity contribution in [1.82, 2.24) is 20.2 Å². The molecule has 0 aliphatic carbocycles. The van der Waals surface area contributed by atoms with Crippen LogP contribution in [0.25, 0.3) is 0 Å². The average Bonchev–Trinajstić information content (AvgIpc) is 2.89. The van der Waals surface area contributed by atoms with E-state index in [1.165, 1.54) is 31.3 Å². The number of alkyl carbamates (subject to hydrolysis) is 1. The highest BCUT2D eigenvalue weighted by Crippen LogP contribution is 2.23. The molecule has 0 aliphatic heterocycles. The lowest BCUT2D eigenvalue weighted by Crippen LogP contribution is -2.46. The van der Waals surface area contributed by atoms with Crippen molar-refractivity contribution in [3.63, 3.8) is 0 Å². The number of ether oxygens (including phenoxy) is 2. The molecule has 1 aromatic heterocycles. The number of hydrogen-bond donors (Lipinski definition) is 2. The van der Waals surface area contributed by atoms with E-state index in [9.17, 15) is 23.6 Å². The summed E-state index contributed by atoms with van der Waals surface area (Å²) < 4.78 is 25.1. The summed E-state index contributed by atoms with van der Waals surface area (Å²) in [7, 11) is 1.39. The molecule has 11 heteroatoms. The quantitative estimate of drug-likeness (QED) is 0.405. The molecule has 0 unspecified atom stereocenters. The molecule has 1 heterocycles. The van der Waals surface area contributed by atoms with Crippen LogP contribution in [0.4, 0.5) is 9.18 Å². The smallest absolute Gasteiger partial charge is 0.408 e. The largest absolute Gasteiger partial charge is 0.445 e. The van der Waals surface area contributed by atoms with E-state index in [2.05, 4.69) is 15.6 Å².